The molecule has 5 heteroatoms. The molecule has 4 nitrogen and oxygen atoms in total. The molecule has 1 rings (SSSR count). The molecule has 2 N–H and O–H groups in total. The van der Waals surface area contributed by atoms with Crippen LogP contribution in [0.15, 0.2) is 30.3 Å². The van der Waals surface area contributed by atoms with Crippen molar-refractivity contribution in [3.8, 4) is 0 Å². The summed E-state index contributed by atoms with van der Waals surface area (Å²) in [5, 5.41) is 11.7. The van der Waals surface area contributed by atoms with Crippen molar-refractivity contribution in [1.29, 1.82) is 0 Å². The maximum atomic E-state index is 11.8. The Bertz CT molecular complexity index is 408. The molecule has 18 heavy (non-hydrogen) atoms. The van der Waals surface area contributed by atoms with Crippen molar-refractivity contribution in [1.82, 2.24) is 5.32 Å². The van der Waals surface area contributed by atoms with Crippen molar-refractivity contribution in [2.24, 2.45) is 5.92 Å². The van der Waals surface area contributed by atoms with Gasteiger partial charge in [-0.3, -0.25) is 4.79 Å². The van der Waals surface area contributed by atoms with Crippen LogP contribution in [0.5, 0.6) is 0 Å². The summed E-state index contributed by atoms with van der Waals surface area (Å²) in [6.07, 6.45) is 1.91. The van der Waals surface area contributed by atoms with Gasteiger partial charge in [-0.1, -0.05) is 37.3 Å². The van der Waals surface area contributed by atoms with Crippen LogP contribution in [0.2, 0.25) is 0 Å². The Kier molecular flexibility index (Phi) is 5.71. The number of rotatable bonds is 6. The smallest absolute Gasteiger partial charge is 0.330 e. The second-order valence-electron chi connectivity index (χ2n) is 4.05. The minimum absolute atomic E-state index is 0.203. The second kappa shape index (κ2) is 7.06. The number of benzene rings is 1. The molecule has 0 radical (unpaired) electrons. The van der Waals surface area contributed by atoms with Crippen molar-refractivity contribution in [3.05, 3.63) is 35.9 Å². The molecule has 0 aliphatic carbocycles. The maximum absolute atomic E-state index is 11.8. The van der Waals surface area contributed by atoms with E-state index in [0.29, 0.717) is 11.3 Å². The highest BCUT2D eigenvalue weighted by Crippen LogP contribution is 2.14. The lowest BCUT2D eigenvalue weighted by atomic mass is 10.1. The van der Waals surface area contributed by atoms with Crippen LogP contribution in [-0.2, 0) is 9.59 Å². The van der Waals surface area contributed by atoms with Crippen LogP contribution in [0.1, 0.15) is 18.5 Å². The van der Waals surface area contributed by atoms with E-state index < -0.39 is 12.0 Å². The Morgan fingerprint density at radius 1 is 1.33 bits per heavy atom. The highest BCUT2D eigenvalue weighted by atomic mass is 32.2. The number of aliphatic carboxylic acids is 1. The SMILES string of the molecule is CSCC(C)C(=O)N[C@@H](C(=O)O)c1ccccc1. The van der Waals surface area contributed by atoms with Crippen LogP contribution in [0.3, 0.4) is 0 Å². The lowest BCUT2D eigenvalue weighted by Crippen LogP contribution is -2.37. The van der Waals surface area contributed by atoms with Gasteiger partial charge < -0.3 is 10.4 Å². The Balaban J connectivity index is 2.76. The number of hydrogen-bond donors (Lipinski definition) is 2. The van der Waals surface area contributed by atoms with Crippen molar-refractivity contribution in [3.63, 3.8) is 0 Å². The number of carbonyl (C=O) groups excluding carboxylic acids is 1. The standard InChI is InChI=1S/C13H17NO3S/c1-9(8-18-2)12(15)14-11(13(16)17)10-6-4-3-5-7-10/h3-7,9,11H,8H2,1-2H3,(H,14,15)(H,16,17)/t9?,11-/m1/s1. The summed E-state index contributed by atoms with van der Waals surface area (Å²) >= 11 is 1.56. The van der Waals surface area contributed by atoms with E-state index in [4.69, 9.17) is 5.11 Å². The molecular formula is C13H17NO3S. The molecule has 0 spiro atoms. The largest absolute Gasteiger partial charge is 0.479 e. The molecule has 98 valence electrons. The zero-order valence-electron chi connectivity index (χ0n) is 10.4. The van der Waals surface area contributed by atoms with Gasteiger partial charge in [-0.2, -0.15) is 11.8 Å². The second-order valence-corrected chi connectivity index (χ2v) is 4.96. The number of carboxylic acid groups (broad SMARTS) is 1. The van der Waals surface area contributed by atoms with Gasteiger partial charge in [0.1, 0.15) is 0 Å². The van der Waals surface area contributed by atoms with Gasteiger partial charge in [-0.15, -0.1) is 0 Å². The molecule has 0 fully saturated rings. The van der Waals surface area contributed by atoms with Crippen molar-refractivity contribution in [2.45, 2.75) is 13.0 Å². The molecule has 1 aromatic carbocycles. The zero-order valence-corrected chi connectivity index (χ0v) is 11.2. The number of thioether (sulfide) groups is 1. The first-order chi connectivity index (χ1) is 8.56. The van der Waals surface area contributed by atoms with Crippen molar-refractivity contribution >= 4 is 23.6 Å². The average Bonchev–Trinajstić information content (AvgIpc) is 2.36. The van der Waals surface area contributed by atoms with Gasteiger partial charge in [0.05, 0.1) is 0 Å². The molecule has 2 atom stereocenters. The third-order valence-electron chi connectivity index (χ3n) is 2.53. The van der Waals surface area contributed by atoms with Gasteiger partial charge in [0.2, 0.25) is 5.91 Å². The van der Waals surface area contributed by atoms with Crippen LogP contribution < -0.4 is 5.32 Å². The van der Waals surface area contributed by atoms with Crippen LogP contribution in [0.4, 0.5) is 0 Å². The lowest BCUT2D eigenvalue weighted by molar-refractivity contribution is -0.142. The average molecular weight is 267 g/mol. The predicted molar refractivity (Wildman–Crippen MR) is 72.5 cm³/mol. The molecule has 1 unspecified atom stereocenters. The maximum Gasteiger partial charge on any atom is 0.330 e. The molecule has 0 heterocycles. The molecule has 1 aromatic rings. The summed E-state index contributed by atoms with van der Waals surface area (Å²) in [4.78, 5) is 23.0. The predicted octanol–water partition coefficient (Wildman–Crippen LogP) is 1.93. The minimum atomic E-state index is -1.05. The monoisotopic (exact) mass is 267 g/mol. The fourth-order valence-corrected chi connectivity index (χ4v) is 2.19. The Hall–Kier alpha value is -1.49. The quantitative estimate of drug-likeness (QED) is 0.826. The fourth-order valence-electron chi connectivity index (χ4n) is 1.54. The number of nitrogens with one attached hydrogen (secondary N) is 1. The molecule has 0 aromatic heterocycles. The minimum Gasteiger partial charge on any atom is -0.479 e. The summed E-state index contributed by atoms with van der Waals surface area (Å²) in [5.41, 5.74) is 0.578. The molecule has 0 saturated carbocycles. The molecule has 0 aliphatic heterocycles. The van der Waals surface area contributed by atoms with Gasteiger partial charge in [0, 0.05) is 11.7 Å². The van der Waals surface area contributed by atoms with E-state index >= 15 is 0 Å². The molecular weight excluding hydrogens is 250 g/mol. The van der Waals surface area contributed by atoms with E-state index in [2.05, 4.69) is 5.32 Å². The fraction of sp³-hybridized carbons (Fsp3) is 0.385. The summed E-state index contributed by atoms with van der Waals surface area (Å²) < 4.78 is 0. The Labute approximate surface area is 111 Å². The number of carboxylic acids is 1. The van der Waals surface area contributed by atoms with E-state index in [0.717, 1.165) is 0 Å². The van der Waals surface area contributed by atoms with Gasteiger partial charge in [0.15, 0.2) is 6.04 Å². The van der Waals surface area contributed by atoms with E-state index in [1.165, 1.54) is 0 Å². The summed E-state index contributed by atoms with van der Waals surface area (Å²) in [7, 11) is 0. The van der Waals surface area contributed by atoms with Crippen molar-refractivity contribution < 1.29 is 14.7 Å². The number of amides is 1. The van der Waals surface area contributed by atoms with Gasteiger partial charge in [-0.25, -0.2) is 4.79 Å². The molecule has 0 saturated heterocycles. The van der Waals surface area contributed by atoms with Gasteiger partial charge in [-0.05, 0) is 11.8 Å². The van der Waals surface area contributed by atoms with E-state index in [1.807, 2.05) is 6.26 Å². The normalized spacial score (nSPS) is 13.7. The molecule has 1 amide bonds. The van der Waals surface area contributed by atoms with Gasteiger partial charge >= 0.3 is 5.97 Å². The van der Waals surface area contributed by atoms with Crippen LogP contribution in [-0.4, -0.2) is 29.0 Å². The van der Waals surface area contributed by atoms with Crippen LogP contribution in [0, 0.1) is 5.92 Å². The topological polar surface area (TPSA) is 66.4 Å². The summed E-state index contributed by atoms with van der Waals surface area (Å²) in [6.45, 7) is 1.79. The van der Waals surface area contributed by atoms with Gasteiger partial charge in [0.25, 0.3) is 0 Å². The summed E-state index contributed by atoms with van der Waals surface area (Å²) in [5.74, 6) is -0.815. The highest BCUT2D eigenvalue weighted by molar-refractivity contribution is 7.98. The first-order valence-electron chi connectivity index (χ1n) is 5.63. The van der Waals surface area contributed by atoms with Crippen molar-refractivity contribution in [2.75, 3.05) is 12.0 Å². The third kappa shape index (κ3) is 4.07. The zero-order chi connectivity index (χ0) is 13.5. The van der Waals surface area contributed by atoms with Crippen LogP contribution >= 0.6 is 11.8 Å². The third-order valence-corrected chi connectivity index (χ3v) is 3.36. The number of carbonyl (C=O) groups is 2. The number of hydrogen-bond acceptors (Lipinski definition) is 3. The van der Waals surface area contributed by atoms with E-state index in [-0.39, 0.29) is 11.8 Å². The first kappa shape index (κ1) is 14.6. The molecule has 0 aliphatic rings. The summed E-state index contributed by atoms with van der Waals surface area (Å²) in [6, 6.07) is 7.71. The molecule has 0 bridgehead atoms. The Morgan fingerprint density at radius 2 is 1.94 bits per heavy atom. The van der Waals surface area contributed by atoms with E-state index in [9.17, 15) is 9.59 Å². The first-order valence-corrected chi connectivity index (χ1v) is 7.02. The van der Waals surface area contributed by atoms with E-state index in [1.54, 1.807) is 49.0 Å². The van der Waals surface area contributed by atoms with Crippen LogP contribution in [0.25, 0.3) is 0 Å². The highest BCUT2D eigenvalue weighted by Gasteiger charge is 2.23. The lowest BCUT2D eigenvalue weighted by Gasteiger charge is -2.17. The Morgan fingerprint density at radius 3 is 2.44 bits per heavy atom.